The van der Waals surface area contributed by atoms with Crippen LogP contribution in [0.2, 0.25) is 0 Å². The fourth-order valence-corrected chi connectivity index (χ4v) is 3.70. The highest BCUT2D eigenvalue weighted by atomic mass is 15.2. The summed E-state index contributed by atoms with van der Waals surface area (Å²) in [5.41, 5.74) is 0.471. The van der Waals surface area contributed by atoms with Crippen LogP contribution in [0.15, 0.2) is 0 Å². The van der Waals surface area contributed by atoms with Crippen molar-refractivity contribution < 1.29 is 0 Å². The number of rotatable bonds is 0. The number of nitrogens with zero attached hydrogens (tertiary/aromatic N) is 1. The molecule has 3 fully saturated rings. The molecule has 2 bridgehead atoms. The van der Waals surface area contributed by atoms with Crippen LogP contribution in [0.3, 0.4) is 0 Å². The van der Waals surface area contributed by atoms with Crippen LogP contribution in [0.4, 0.5) is 0 Å². The fraction of sp³-hybridized carbons (Fsp3) is 1.00. The van der Waals surface area contributed by atoms with E-state index in [1.54, 1.807) is 0 Å². The second-order valence-electron chi connectivity index (χ2n) is 6.04. The lowest BCUT2D eigenvalue weighted by Gasteiger charge is -2.54. The molecule has 3 rings (SSSR count). The van der Waals surface area contributed by atoms with Gasteiger partial charge in [0.05, 0.1) is 0 Å². The number of fused-ring (bicyclic) bond motifs is 3. The van der Waals surface area contributed by atoms with Crippen molar-refractivity contribution in [3.05, 3.63) is 0 Å². The highest BCUT2D eigenvalue weighted by Gasteiger charge is 2.44. The number of hydrogen-bond acceptors (Lipinski definition) is 1. The standard InChI is InChI=1S/C12H23N/c1-12(2,3)11-9-5-7-10(8-6-9)13(11)4/h9-11H,5-8H2,1-4H3. The van der Waals surface area contributed by atoms with Crippen molar-refractivity contribution in [2.75, 3.05) is 7.05 Å². The van der Waals surface area contributed by atoms with E-state index in [2.05, 4.69) is 32.7 Å². The second-order valence-corrected chi connectivity index (χ2v) is 6.04. The predicted molar refractivity (Wildman–Crippen MR) is 56.8 cm³/mol. The molecule has 76 valence electrons. The zero-order valence-corrected chi connectivity index (χ0v) is 9.51. The van der Waals surface area contributed by atoms with Crippen molar-refractivity contribution in [2.45, 2.75) is 58.5 Å². The Morgan fingerprint density at radius 1 is 1.00 bits per heavy atom. The molecule has 0 radical (unpaired) electrons. The summed E-state index contributed by atoms with van der Waals surface area (Å²) < 4.78 is 0. The first kappa shape index (κ1) is 9.51. The molecule has 1 nitrogen and oxygen atoms in total. The van der Waals surface area contributed by atoms with E-state index in [0.717, 1.165) is 18.0 Å². The SMILES string of the molecule is CN1C2CCC(CC2)C1C(C)(C)C. The lowest BCUT2D eigenvalue weighted by atomic mass is 9.66. The molecule has 13 heavy (non-hydrogen) atoms. The Labute approximate surface area is 82.5 Å². The molecule has 1 unspecified atom stereocenters. The van der Waals surface area contributed by atoms with Gasteiger partial charge in [-0.1, -0.05) is 20.8 Å². The van der Waals surface area contributed by atoms with Crippen molar-refractivity contribution in [3.63, 3.8) is 0 Å². The molecule has 3 aliphatic rings. The molecule has 1 heteroatoms. The first-order valence-electron chi connectivity index (χ1n) is 5.72. The number of hydrogen-bond donors (Lipinski definition) is 0. The van der Waals surface area contributed by atoms with Gasteiger partial charge in [-0.05, 0) is 44.1 Å². The summed E-state index contributed by atoms with van der Waals surface area (Å²) in [6.45, 7) is 7.19. The minimum absolute atomic E-state index is 0.471. The molecule has 1 saturated carbocycles. The van der Waals surface area contributed by atoms with Crippen LogP contribution in [-0.2, 0) is 0 Å². The van der Waals surface area contributed by atoms with Crippen molar-refractivity contribution in [1.82, 2.24) is 4.90 Å². The third-order valence-electron chi connectivity index (χ3n) is 4.09. The van der Waals surface area contributed by atoms with Crippen LogP contribution in [0.1, 0.15) is 46.5 Å². The molecule has 0 spiro atoms. The maximum Gasteiger partial charge on any atom is 0.0172 e. The first-order chi connectivity index (χ1) is 6.00. The van der Waals surface area contributed by atoms with Gasteiger partial charge < -0.3 is 0 Å². The van der Waals surface area contributed by atoms with Crippen LogP contribution in [-0.4, -0.2) is 24.0 Å². The lowest BCUT2D eigenvalue weighted by molar-refractivity contribution is -0.0449. The van der Waals surface area contributed by atoms with Gasteiger partial charge >= 0.3 is 0 Å². The van der Waals surface area contributed by atoms with E-state index < -0.39 is 0 Å². The quantitative estimate of drug-likeness (QED) is 0.555. The van der Waals surface area contributed by atoms with Crippen molar-refractivity contribution in [1.29, 1.82) is 0 Å². The minimum Gasteiger partial charge on any atom is -0.300 e. The molecule has 1 aliphatic carbocycles. The topological polar surface area (TPSA) is 3.24 Å². The monoisotopic (exact) mass is 181 g/mol. The van der Waals surface area contributed by atoms with Crippen molar-refractivity contribution >= 4 is 0 Å². The van der Waals surface area contributed by atoms with E-state index in [1.165, 1.54) is 25.7 Å². The zero-order chi connectivity index (χ0) is 9.64. The maximum absolute atomic E-state index is 2.66. The highest BCUT2D eigenvalue weighted by molar-refractivity contribution is 4.98. The molecule has 0 aromatic carbocycles. The van der Waals surface area contributed by atoms with Gasteiger partial charge in [-0.15, -0.1) is 0 Å². The maximum atomic E-state index is 2.66. The van der Waals surface area contributed by atoms with E-state index in [4.69, 9.17) is 0 Å². The molecule has 0 amide bonds. The molecule has 1 atom stereocenters. The Bertz CT molecular complexity index is 182. The van der Waals surface area contributed by atoms with Gasteiger partial charge in [0.15, 0.2) is 0 Å². The van der Waals surface area contributed by atoms with Gasteiger partial charge in [-0.2, -0.15) is 0 Å². The molecule has 0 aromatic rings. The summed E-state index contributed by atoms with van der Waals surface area (Å²) in [5, 5.41) is 0. The van der Waals surface area contributed by atoms with E-state index in [1.807, 2.05) is 0 Å². The van der Waals surface area contributed by atoms with Gasteiger partial charge in [-0.3, -0.25) is 4.90 Å². The molecular weight excluding hydrogens is 158 g/mol. The average molecular weight is 181 g/mol. The summed E-state index contributed by atoms with van der Waals surface area (Å²) in [4.78, 5) is 2.66. The summed E-state index contributed by atoms with van der Waals surface area (Å²) >= 11 is 0. The molecule has 0 N–H and O–H groups in total. The van der Waals surface area contributed by atoms with Crippen LogP contribution >= 0.6 is 0 Å². The van der Waals surface area contributed by atoms with Gasteiger partial charge in [0, 0.05) is 12.1 Å². The highest BCUT2D eigenvalue weighted by Crippen LogP contribution is 2.44. The molecular formula is C12H23N. The smallest absolute Gasteiger partial charge is 0.0172 e. The largest absolute Gasteiger partial charge is 0.300 e. The van der Waals surface area contributed by atoms with E-state index in [0.29, 0.717) is 5.41 Å². The molecule has 2 aliphatic heterocycles. The Morgan fingerprint density at radius 3 is 1.85 bits per heavy atom. The normalized spacial score (nSPS) is 41.1. The van der Waals surface area contributed by atoms with Gasteiger partial charge in [0.25, 0.3) is 0 Å². The van der Waals surface area contributed by atoms with Crippen molar-refractivity contribution in [3.8, 4) is 0 Å². The third-order valence-corrected chi connectivity index (χ3v) is 4.09. The average Bonchev–Trinajstić information content (AvgIpc) is 2.03. The van der Waals surface area contributed by atoms with E-state index in [-0.39, 0.29) is 0 Å². The summed E-state index contributed by atoms with van der Waals surface area (Å²) in [6, 6.07) is 1.73. The van der Waals surface area contributed by atoms with E-state index in [9.17, 15) is 0 Å². The third kappa shape index (κ3) is 1.52. The fourth-order valence-electron chi connectivity index (χ4n) is 3.70. The summed E-state index contributed by atoms with van der Waals surface area (Å²) in [6.07, 6.45) is 5.87. The summed E-state index contributed by atoms with van der Waals surface area (Å²) in [7, 11) is 2.34. The molecule has 2 heterocycles. The minimum atomic E-state index is 0.471. The zero-order valence-electron chi connectivity index (χ0n) is 9.51. The predicted octanol–water partition coefficient (Wildman–Crippen LogP) is 2.91. The van der Waals surface area contributed by atoms with Crippen LogP contribution in [0.5, 0.6) is 0 Å². The first-order valence-corrected chi connectivity index (χ1v) is 5.72. The Hall–Kier alpha value is -0.0400. The Kier molecular flexibility index (Phi) is 2.18. The summed E-state index contributed by atoms with van der Waals surface area (Å²) in [5.74, 6) is 0.981. The van der Waals surface area contributed by atoms with Crippen LogP contribution in [0.25, 0.3) is 0 Å². The van der Waals surface area contributed by atoms with Gasteiger partial charge in [0.1, 0.15) is 0 Å². The van der Waals surface area contributed by atoms with E-state index >= 15 is 0 Å². The Morgan fingerprint density at radius 2 is 1.54 bits per heavy atom. The molecule has 2 saturated heterocycles. The van der Waals surface area contributed by atoms with Gasteiger partial charge in [-0.25, -0.2) is 0 Å². The molecule has 0 aromatic heterocycles. The Balaban J connectivity index is 2.19. The lowest BCUT2D eigenvalue weighted by Crippen LogP contribution is -2.58. The van der Waals surface area contributed by atoms with Crippen LogP contribution < -0.4 is 0 Å². The van der Waals surface area contributed by atoms with Crippen LogP contribution in [0, 0.1) is 11.3 Å². The van der Waals surface area contributed by atoms with Gasteiger partial charge in [0.2, 0.25) is 0 Å². The van der Waals surface area contributed by atoms with Crippen molar-refractivity contribution in [2.24, 2.45) is 11.3 Å². The number of piperidine rings is 2. The second kappa shape index (κ2) is 2.98.